The number of hydrogen-bond acceptors (Lipinski definition) is 4. The maximum Gasteiger partial charge on any atom is 0.101 e. The minimum Gasteiger partial charge on any atom is -0.396 e. The van der Waals surface area contributed by atoms with Gasteiger partial charge in [0.1, 0.15) is 6.07 Å². The predicted octanol–water partition coefficient (Wildman–Crippen LogP) is 2.15. The van der Waals surface area contributed by atoms with Gasteiger partial charge in [-0.15, -0.1) is 0 Å². The van der Waals surface area contributed by atoms with Gasteiger partial charge >= 0.3 is 0 Å². The molecule has 4 heteroatoms. The lowest BCUT2D eigenvalue weighted by Gasteiger charge is -2.26. The molecule has 0 aliphatic carbocycles. The Kier molecular flexibility index (Phi) is 4.06. The van der Waals surface area contributed by atoms with Crippen LogP contribution in [0.15, 0.2) is 18.2 Å². The monoisotopic (exact) mass is 245 g/mol. The van der Waals surface area contributed by atoms with Crippen LogP contribution >= 0.6 is 0 Å². The molecule has 1 atom stereocenters. The summed E-state index contributed by atoms with van der Waals surface area (Å²) in [5.41, 5.74) is 8.14. The Bertz CT molecular complexity index is 453. The molecule has 1 unspecified atom stereocenters. The Morgan fingerprint density at radius 1 is 1.56 bits per heavy atom. The highest BCUT2D eigenvalue weighted by Gasteiger charge is 2.19. The van der Waals surface area contributed by atoms with E-state index in [1.807, 2.05) is 12.1 Å². The van der Waals surface area contributed by atoms with Gasteiger partial charge in [-0.3, -0.25) is 0 Å². The van der Waals surface area contributed by atoms with Crippen molar-refractivity contribution in [2.75, 3.05) is 30.3 Å². The van der Waals surface area contributed by atoms with Gasteiger partial charge in [0.15, 0.2) is 0 Å². The number of nitrogens with zero attached hydrogens (tertiary/aromatic N) is 2. The largest absolute Gasteiger partial charge is 0.396 e. The molecule has 0 amide bonds. The first-order valence-corrected chi connectivity index (χ1v) is 6.41. The first-order valence-electron chi connectivity index (χ1n) is 6.41. The number of anilines is 2. The van der Waals surface area contributed by atoms with Crippen molar-refractivity contribution in [2.24, 2.45) is 0 Å². The van der Waals surface area contributed by atoms with Crippen LogP contribution in [0.3, 0.4) is 0 Å². The summed E-state index contributed by atoms with van der Waals surface area (Å²) in [6.45, 7) is 4.70. The topological polar surface area (TPSA) is 62.3 Å². The number of ether oxygens (including phenoxy) is 1. The van der Waals surface area contributed by atoms with Crippen molar-refractivity contribution in [1.82, 2.24) is 0 Å². The molecular formula is C14H19N3O. The summed E-state index contributed by atoms with van der Waals surface area (Å²) in [6.07, 6.45) is 2.23. The van der Waals surface area contributed by atoms with Crippen molar-refractivity contribution in [3.8, 4) is 6.07 Å². The van der Waals surface area contributed by atoms with Gasteiger partial charge in [0.25, 0.3) is 0 Å². The van der Waals surface area contributed by atoms with Gasteiger partial charge in [0.05, 0.1) is 23.0 Å². The van der Waals surface area contributed by atoms with Crippen molar-refractivity contribution in [1.29, 1.82) is 5.26 Å². The number of hydrogen-bond donors (Lipinski definition) is 1. The van der Waals surface area contributed by atoms with E-state index in [2.05, 4.69) is 17.9 Å². The van der Waals surface area contributed by atoms with E-state index >= 15 is 0 Å². The van der Waals surface area contributed by atoms with Crippen LogP contribution in [0.1, 0.15) is 25.3 Å². The van der Waals surface area contributed by atoms with Crippen LogP contribution in [0.25, 0.3) is 0 Å². The summed E-state index contributed by atoms with van der Waals surface area (Å²) < 4.78 is 5.75. The Balaban J connectivity index is 2.27. The fourth-order valence-corrected chi connectivity index (χ4v) is 2.29. The average molecular weight is 245 g/mol. The summed E-state index contributed by atoms with van der Waals surface area (Å²) in [5, 5.41) is 9.02. The quantitative estimate of drug-likeness (QED) is 0.811. The van der Waals surface area contributed by atoms with E-state index in [0.717, 1.165) is 38.2 Å². The molecule has 4 nitrogen and oxygen atoms in total. The molecule has 0 saturated carbocycles. The molecule has 0 bridgehead atoms. The summed E-state index contributed by atoms with van der Waals surface area (Å²) >= 11 is 0. The van der Waals surface area contributed by atoms with Gasteiger partial charge in [-0.25, -0.2) is 0 Å². The molecule has 0 spiro atoms. The zero-order valence-corrected chi connectivity index (χ0v) is 10.7. The first kappa shape index (κ1) is 12.7. The second kappa shape index (κ2) is 5.74. The molecule has 1 aliphatic heterocycles. The molecule has 1 saturated heterocycles. The third kappa shape index (κ3) is 2.57. The second-order valence-electron chi connectivity index (χ2n) is 4.55. The van der Waals surface area contributed by atoms with Gasteiger partial charge in [-0.05, 0) is 25.0 Å². The molecule has 0 radical (unpaired) electrons. The van der Waals surface area contributed by atoms with Crippen molar-refractivity contribution in [2.45, 2.75) is 25.9 Å². The Morgan fingerprint density at radius 2 is 2.39 bits per heavy atom. The number of nitrogen functional groups attached to an aromatic ring is 1. The maximum atomic E-state index is 9.02. The average Bonchev–Trinajstić information content (AvgIpc) is 2.64. The number of nitriles is 1. The van der Waals surface area contributed by atoms with Gasteiger partial charge in [-0.1, -0.05) is 13.0 Å². The van der Waals surface area contributed by atoms with Crippen LogP contribution in [0.4, 0.5) is 11.4 Å². The lowest BCUT2D eigenvalue weighted by molar-refractivity contribution is 0.0664. The zero-order valence-electron chi connectivity index (χ0n) is 10.7. The summed E-state index contributed by atoms with van der Waals surface area (Å²) in [7, 11) is 0. The van der Waals surface area contributed by atoms with E-state index in [-0.39, 0.29) is 6.10 Å². The van der Waals surface area contributed by atoms with Crippen LogP contribution in [0, 0.1) is 11.3 Å². The van der Waals surface area contributed by atoms with Crippen molar-refractivity contribution in [3.05, 3.63) is 23.8 Å². The molecule has 1 aliphatic rings. The third-order valence-electron chi connectivity index (χ3n) is 3.35. The van der Waals surface area contributed by atoms with Gasteiger partial charge < -0.3 is 15.4 Å². The van der Waals surface area contributed by atoms with Crippen LogP contribution in [-0.4, -0.2) is 25.8 Å². The van der Waals surface area contributed by atoms with E-state index < -0.39 is 0 Å². The zero-order chi connectivity index (χ0) is 13.0. The number of para-hydroxylation sites is 1. The fraction of sp³-hybridized carbons (Fsp3) is 0.500. The molecule has 1 aromatic rings. The third-order valence-corrected chi connectivity index (χ3v) is 3.35. The lowest BCUT2D eigenvalue weighted by Crippen LogP contribution is -2.32. The molecule has 96 valence electrons. The summed E-state index contributed by atoms with van der Waals surface area (Å²) in [6, 6.07) is 7.75. The number of nitrogens with two attached hydrogens (primary N) is 1. The Labute approximate surface area is 108 Å². The molecule has 1 heterocycles. The van der Waals surface area contributed by atoms with E-state index in [1.165, 1.54) is 0 Å². The van der Waals surface area contributed by atoms with Gasteiger partial charge in [0, 0.05) is 19.7 Å². The number of rotatable bonds is 2. The van der Waals surface area contributed by atoms with Crippen molar-refractivity contribution >= 4 is 11.4 Å². The van der Waals surface area contributed by atoms with Gasteiger partial charge in [0.2, 0.25) is 0 Å². The van der Waals surface area contributed by atoms with E-state index in [4.69, 9.17) is 15.7 Å². The molecule has 0 aromatic heterocycles. The Morgan fingerprint density at radius 3 is 3.11 bits per heavy atom. The van der Waals surface area contributed by atoms with E-state index in [0.29, 0.717) is 11.3 Å². The predicted molar refractivity (Wildman–Crippen MR) is 72.4 cm³/mol. The maximum absolute atomic E-state index is 9.02. The van der Waals surface area contributed by atoms with E-state index in [9.17, 15) is 0 Å². The first-order chi connectivity index (χ1) is 8.76. The SMILES string of the molecule is CCC1CN(c2cccc(C#N)c2N)CCCO1. The highest BCUT2D eigenvalue weighted by molar-refractivity contribution is 5.74. The van der Waals surface area contributed by atoms with Crippen LogP contribution < -0.4 is 10.6 Å². The fourth-order valence-electron chi connectivity index (χ4n) is 2.29. The van der Waals surface area contributed by atoms with E-state index in [1.54, 1.807) is 6.07 Å². The minimum atomic E-state index is 0.248. The minimum absolute atomic E-state index is 0.248. The van der Waals surface area contributed by atoms with Crippen molar-refractivity contribution < 1.29 is 4.74 Å². The normalized spacial score (nSPS) is 20.2. The van der Waals surface area contributed by atoms with Gasteiger partial charge in [-0.2, -0.15) is 5.26 Å². The second-order valence-corrected chi connectivity index (χ2v) is 4.55. The van der Waals surface area contributed by atoms with Crippen molar-refractivity contribution in [3.63, 3.8) is 0 Å². The lowest BCUT2D eigenvalue weighted by atomic mass is 10.1. The summed E-state index contributed by atoms with van der Waals surface area (Å²) in [4.78, 5) is 2.23. The molecule has 1 aromatic carbocycles. The van der Waals surface area contributed by atoms with Crippen LogP contribution in [0.5, 0.6) is 0 Å². The Hall–Kier alpha value is -1.73. The molecular weight excluding hydrogens is 226 g/mol. The molecule has 2 N–H and O–H groups in total. The smallest absolute Gasteiger partial charge is 0.101 e. The highest BCUT2D eigenvalue weighted by atomic mass is 16.5. The molecule has 18 heavy (non-hydrogen) atoms. The summed E-state index contributed by atoms with van der Waals surface area (Å²) in [5.74, 6) is 0. The highest BCUT2D eigenvalue weighted by Crippen LogP contribution is 2.28. The van der Waals surface area contributed by atoms with Crippen LogP contribution in [0.2, 0.25) is 0 Å². The molecule has 2 rings (SSSR count). The number of benzene rings is 1. The van der Waals surface area contributed by atoms with Crippen LogP contribution in [-0.2, 0) is 4.74 Å². The standard InChI is InChI=1S/C14H19N3O/c1-2-12-10-17(7-4-8-18-12)13-6-3-5-11(9-15)14(13)16/h3,5-6,12H,2,4,7-8,10,16H2,1H3. The molecule has 1 fully saturated rings.